The zero-order valence-corrected chi connectivity index (χ0v) is 21.0. The highest BCUT2D eigenvalue weighted by molar-refractivity contribution is 14.0. The van der Waals surface area contributed by atoms with E-state index in [0.29, 0.717) is 18.2 Å². The molecule has 2 heterocycles. The Hall–Kier alpha value is -3.27. The molecule has 2 aromatic carbocycles. The average molecular weight is 557 g/mol. The minimum absolute atomic E-state index is 0. The Kier molecular flexibility index (Phi) is 8.94. The lowest BCUT2D eigenvalue weighted by Crippen LogP contribution is -2.37. The Balaban J connectivity index is 0.00000306. The van der Waals surface area contributed by atoms with Gasteiger partial charge >= 0.3 is 0 Å². The quantitative estimate of drug-likeness (QED) is 0.163. The number of hydrogen-bond donors (Lipinski definition) is 3. The topological polar surface area (TPSA) is 83.6 Å². The van der Waals surface area contributed by atoms with Crippen LogP contribution in [0.2, 0.25) is 0 Å². The number of guanidine groups is 1. The van der Waals surface area contributed by atoms with Gasteiger partial charge in [-0.2, -0.15) is 0 Å². The second kappa shape index (κ2) is 12.1. The highest BCUT2D eigenvalue weighted by Crippen LogP contribution is 2.23. The SMILES string of the molecule is CN=C(NCCc1c[nH]c2ccccc12)NCc1ccc(Oc2cccc(OC)c2)nc1.I. The van der Waals surface area contributed by atoms with Crippen molar-refractivity contribution < 1.29 is 9.47 Å². The Morgan fingerprint density at radius 2 is 1.88 bits per heavy atom. The molecule has 0 amide bonds. The molecule has 3 N–H and O–H groups in total. The molecule has 0 aliphatic heterocycles. The van der Waals surface area contributed by atoms with Crippen molar-refractivity contribution in [3.05, 3.63) is 84.2 Å². The normalized spacial score (nSPS) is 11.0. The molecule has 4 rings (SSSR count). The summed E-state index contributed by atoms with van der Waals surface area (Å²) in [7, 11) is 3.40. The molecule has 0 spiro atoms. The summed E-state index contributed by atoms with van der Waals surface area (Å²) < 4.78 is 11.0. The second-order valence-electron chi connectivity index (χ2n) is 7.25. The van der Waals surface area contributed by atoms with Crippen LogP contribution >= 0.6 is 24.0 Å². The molecule has 0 aliphatic rings. The van der Waals surface area contributed by atoms with Gasteiger partial charge in [-0.1, -0.05) is 30.3 Å². The minimum atomic E-state index is 0. The first-order valence-corrected chi connectivity index (χ1v) is 10.5. The highest BCUT2D eigenvalue weighted by atomic mass is 127. The molecule has 8 heteroatoms. The van der Waals surface area contributed by atoms with Gasteiger partial charge in [0.25, 0.3) is 0 Å². The zero-order chi connectivity index (χ0) is 22.2. The number of fused-ring (bicyclic) bond motifs is 1. The number of ether oxygens (including phenoxy) is 2. The first-order chi connectivity index (χ1) is 15.7. The fourth-order valence-electron chi connectivity index (χ4n) is 3.42. The van der Waals surface area contributed by atoms with E-state index in [0.717, 1.165) is 35.8 Å². The van der Waals surface area contributed by atoms with Gasteiger partial charge in [-0.15, -0.1) is 24.0 Å². The van der Waals surface area contributed by atoms with Gasteiger partial charge in [0.1, 0.15) is 11.5 Å². The Morgan fingerprint density at radius 3 is 2.67 bits per heavy atom. The third-order valence-corrected chi connectivity index (χ3v) is 5.11. The van der Waals surface area contributed by atoms with Gasteiger partial charge in [0.05, 0.1) is 7.11 Å². The van der Waals surface area contributed by atoms with Gasteiger partial charge in [0, 0.05) is 55.6 Å². The number of aromatic nitrogens is 2. The van der Waals surface area contributed by atoms with E-state index in [-0.39, 0.29) is 24.0 Å². The van der Waals surface area contributed by atoms with E-state index in [1.165, 1.54) is 10.9 Å². The van der Waals surface area contributed by atoms with E-state index in [2.05, 4.69) is 50.0 Å². The molecule has 0 unspecified atom stereocenters. The molecule has 2 aromatic heterocycles. The predicted octanol–water partition coefficient (Wildman–Crippen LogP) is 4.89. The summed E-state index contributed by atoms with van der Waals surface area (Å²) in [5.74, 6) is 2.71. The Bertz CT molecular complexity index is 1190. The van der Waals surface area contributed by atoms with Crippen LogP contribution in [0.4, 0.5) is 0 Å². The molecule has 0 aliphatic carbocycles. The maximum atomic E-state index is 5.79. The van der Waals surface area contributed by atoms with Crippen LogP contribution in [0, 0.1) is 0 Å². The Morgan fingerprint density at radius 1 is 1.03 bits per heavy atom. The molecule has 33 heavy (non-hydrogen) atoms. The summed E-state index contributed by atoms with van der Waals surface area (Å²) >= 11 is 0. The van der Waals surface area contributed by atoms with Crippen LogP contribution in [-0.4, -0.2) is 36.6 Å². The van der Waals surface area contributed by atoms with Crippen LogP contribution in [0.15, 0.2) is 78.0 Å². The monoisotopic (exact) mass is 557 g/mol. The second-order valence-corrected chi connectivity index (χ2v) is 7.25. The maximum Gasteiger partial charge on any atom is 0.219 e. The molecule has 7 nitrogen and oxygen atoms in total. The van der Waals surface area contributed by atoms with Gasteiger partial charge in [-0.05, 0) is 35.7 Å². The summed E-state index contributed by atoms with van der Waals surface area (Å²) in [6.45, 7) is 1.40. The minimum Gasteiger partial charge on any atom is -0.497 e. The maximum absolute atomic E-state index is 5.79. The Labute approximate surface area is 210 Å². The third-order valence-electron chi connectivity index (χ3n) is 5.11. The number of H-pyrrole nitrogens is 1. The molecule has 0 bridgehead atoms. The van der Waals surface area contributed by atoms with Crippen molar-refractivity contribution in [1.29, 1.82) is 0 Å². The summed E-state index contributed by atoms with van der Waals surface area (Å²) in [6, 6.07) is 19.6. The predicted molar refractivity (Wildman–Crippen MR) is 143 cm³/mol. The summed E-state index contributed by atoms with van der Waals surface area (Å²) in [6.07, 6.45) is 4.77. The molecule has 0 saturated heterocycles. The first kappa shape index (κ1) is 24.4. The molecule has 4 aromatic rings. The van der Waals surface area contributed by atoms with Crippen molar-refractivity contribution in [3.63, 3.8) is 0 Å². The number of rotatable bonds is 8. The number of halogens is 1. The number of pyridine rings is 1. The highest BCUT2D eigenvalue weighted by Gasteiger charge is 2.05. The van der Waals surface area contributed by atoms with Gasteiger partial charge < -0.3 is 25.1 Å². The van der Waals surface area contributed by atoms with Crippen molar-refractivity contribution >= 4 is 40.8 Å². The lowest BCUT2D eigenvalue weighted by Gasteiger charge is -2.12. The van der Waals surface area contributed by atoms with Gasteiger partial charge in [0.15, 0.2) is 5.96 Å². The summed E-state index contributed by atoms with van der Waals surface area (Å²) in [4.78, 5) is 12.0. The first-order valence-electron chi connectivity index (χ1n) is 10.5. The van der Waals surface area contributed by atoms with Crippen molar-refractivity contribution in [3.8, 4) is 17.4 Å². The number of para-hydroxylation sites is 1. The van der Waals surface area contributed by atoms with Crippen LogP contribution in [0.25, 0.3) is 10.9 Å². The van der Waals surface area contributed by atoms with E-state index in [9.17, 15) is 0 Å². The summed E-state index contributed by atoms with van der Waals surface area (Å²) in [5, 5.41) is 7.95. The molecular weight excluding hydrogens is 529 g/mol. The molecular formula is C25H28IN5O2. The van der Waals surface area contributed by atoms with Crippen LogP contribution in [0.1, 0.15) is 11.1 Å². The van der Waals surface area contributed by atoms with Crippen LogP contribution in [0.5, 0.6) is 17.4 Å². The fourth-order valence-corrected chi connectivity index (χ4v) is 3.42. The van der Waals surface area contributed by atoms with Gasteiger partial charge in [0.2, 0.25) is 5.88 Å². The average Bonchev–Trinajstić information content (AvgIpc) is 3.25. The molecule has 172 valence electrons. The lowest BCUT2D eigenvalue weighted by atomic mass is 10.1. The van der Waals surface area contributed by atoms with Crippen LogP contribution in [-0.2, 0) is 13.0 Å². The van der Waals surface area contributed by atoms with E-state index in [1.54, 1.807) is 20.4 Å². The van der Waals surface area contributed by atoms with Crippen molar-refractivity contribution in [2.75, 3.05) is 20.7 Å². The molecule has 0 saturated carbocycles. The fraction of sp³-hybridized carbons (Fsp3) is 0.200. The zero-order valence-electron chi connectivity index (χ0n) is 18.7. The number of hydrogen-bond acceptors (Lipinski definition) is 4. The van der Waals surface area contributed by atoms with Crippen molar-refractivity contribution in [1.82, 2.24) is 20.6 Å². The number of methoxy groups -OCH3 is 1. The number of aromatic amines is 1. The van der Waals surface area contributed by atoms with Gasteiger partial charge in [-0.25, -0.2) is 4.98 Å². The molecule has 0 atom stereocenters. The largest absolute Gasteiger partial charge is 0.497 e. The standard InChI is InChI=1S/C25H27N5O2.HI/c1-26-25(27-13-12-19-17-28-23-9-4-3-8-22(19)23)30-16-18-10-11-24(29-15-18)32-21-7-5-6-20(14-21)31-2;/h3-11,14-15,17,28H,12-13,16H2,1-2H3,(H2,26,27,30);1H. The molecule has 0 fully saturated rings. The van der Waals surface area contributed by atoms with Crippen molar-refractivity contribution in [2.45, 2.75) is 13.0 Å². The number of aliphatic imine (C=N–C) groups is 1. The summed E-state index contributed by atoms with van der Waals surface area (Å²) in [5.41, 5.74) is 3.48. The van der Waals surface area contributed by atoms with E-state index < -0.39 is 0 Å². The lowest BCUT2D eigenvalue weighted by molar-refractivity contribution is 0.407. The van der Waals surface area contributed by atoms with Crippen molar-refractivity contribution in [2.24, 2.45) is 4.99 Å². The number of nitrogens with zero attached hydrogens (tertiary/aromatic N) is 2. The van der Waals surface area contributed by atoms with E-state index in [1.807, 2.05) is 42.5 Å². The van der Waals surface area contributed by atoms with Crippen LogP contribution < -0.4 is 20.1 Å². The third kappa shape index (κ3) is 6.61. The molecule has 0 radical (unpaired) electrons. The van der Waals surface area contributed by atoms with E-state index in [4.69, 9.17) is 9.47 Å². The van der Waals surface area contributed by atoms with Crippen LogP contribution in [0.3, 0.4) is 0 Å². The van der Waals surface area contributed by atoms with Gasteiger partial charge in [-0.3, -0.25) is 4.99 Å². The number of benzene rings is 2. The smallest absolute Gasteiger partial charge is 0.219 e. The van der Waals surface area contributed by atoms with E-state index >= 15 is 0 Å². The number of nitrogens with one attached hydrogen (secondary N) is 3.